The van der Waals surface area contributed by atoms with Gasteiger partial charge in [-0.1, -0.05) is 0 Å². The number of hydrogen-bond donors (Lipinski definition) is 0. The molecule has 3 unspecified atom stereocenters. The zero-order valence-corrected chi connectivity index (χ0v) is 11.2. The topological polar surface area (TPSA) is 32.8 Å². The minimum Gasteiger partial charge on any atom is -0.378 e. The van der Waals surface area contributed by atoms with Crippen molar-refractivity contribution in [3.05, 3.63) is 0 Å². The van der Waals surface area contributed by atoms with E-state index in [9.17, 15) is 4.79 Å². The SMILES string of the molecule is CC1CCC(C)N1C(C)C(=O)N1CCOCC1. The van der Waals surface area contributed by atoms with Crippen molar-refractivity contribution >= 4 is 5.91 Å². The molecule has 0 aliphatic carbocycles. The molecular formula is C13H24N2O2. The molecule has 0 aromatic rings. The Hall–Kier alpha value is -0.610. The summed E-state index contributed by atoms with van der Waals surface area (Å²) in [5.74, 6) is 0.272. The molecule has 0 spiro atoms. The van der Waals surface area contributed by atoms with Gasteiger partial charge in [-0.05, 0) is 33.6 Å². The Bertz CT molecular complexity index is 267. The highest BCUT2D eigenvalue weighted by Gasteiger charge is 2.36. The van der Waals surface area contributed by atoms with Crippen LogP contribution in [0.25, 0.3) is 0 Å². The van der Waals surface area contributed by atoms with Crippen molar-refractivity contribution in [2.24, 2.45) is 0 Å². The van der Waals surface area contributed by atoms with Gasteiger partial charge in [-0.25, -0.2) is 0 Å². The molecule has 0 saturated carbocycles. The van der Waals surface area contributed by atoms with E-state index in [2.05, 4.69) is 25.7 Å². The van der Waals surface area contributed by atoms with E-state index in [4.69, 9.17) is 4.74 Å². The zero-order chi connectivity index (χ0) is 12.4. The molecule has 2 aliphatic heterocycles. The molecule has 0 aromatic heterocycles. The van der Waals surface area contributed by atoms with Gasteiger partial charge in [0.05, 0.1) is 19.3 Å². The molecule has 0 N–H and O–H groups in total. The predicted octanol–water partition coefficient (Wildman–Crippen LogP) is 1.11. The van der Waals surface area contributed by atoms with Crippen molar-refractivity contribution in [2.45, 2.75) is 51.7 Å². The van der Waals surface area contributed by atoms with Gasteiger partial charge in [0.2, 0.25) is 5.91 Å². The highest BCUT2D eigenvalue weighted by atomic mass is 16.5. The van der Waals surface area contributed by atoms with Crippen LogP contribution in [0.4, 0.5) is 0 Å². The average Bonchev–Trinajstić information content (AvgIpc) is 2.68. The van der Waals surface area contributed by atoms with E-state index in [0.717, 1.165) is 13.1 Å². The molecule has 0 bridgehead atoms. The van der Waals surface area contributed by atoms with Crippen LogP contribution in [0.1, 0.15) is 33.6 Å². The Kier molecular flexibility index (Phi) is 4.05. The number of carbonyl (C=O) groups is 1. The first-order valence-electron chi connectivity index (χ1n) is 6.75. The molecule has 2 rings (SSSR count). The number of ether oxygens (including phenoxy) is 1. The molecule has 4 heteroatoms. The monoisotopic (exact) mass is 240 g/mol. The summed E-state index contributed by atoms with van der Waals surface area (Å²) in [5.41, 5.74) is 0. The van der Waals surface area contributed by atoms with Crippen molar-refractivity contribution in [1.82, 2.24) is 9.80 Å². The normalized spacial score (nSPS) is 32.8. The van der Waals surface area contributed by atoms with Crippen LogP contribution in [0.3, 0.4) is 0 Å². The van der Waals surface area contributed by atoms with Crippen molar-refractivity contribution in [1.29, 1.82) is 0 Å². The summed E-state index contributed by atoms with van der Waals surface area (Å²) in [4.78, 5) is 16.7. The van der Waals surface area contributed by atoms with Gasteiger partial charge in [0, 0.05) is 25.2 Å². The van der Waals surface area contributed by atoms with Crippen LogP contribution in [0, 0.1) is 0 Å². The van der Waals surface area contributed by atoms with Gasteiger partial charge in [0.15, 0.2) is 0 Å². The maximum Gasteiger partial charge on any atom is 0.239 e. The van der Waals surface area contributed by atoms with E-state index in [1.807, 2.05) is 4.90 Å². The van der Waals surface area contributed by atoms with E-state index < -0.39 is 0 Å². The van der Waals surface area contributed by atoms with Gasteiger partial charge in [0.1, 0.15) is 0 Å². The minimum atomic E-state index is 0.0144. The molecule has 2 fully saturated rings. The molecule has 0 radical (unpaired) electrons. The van der Waals surface area contributed by atoms with Gasteiger partial charge in [0.25, 0.3) is 0 Å². The molecule has 98 valence electrons. The molecular weight excluding hydrogens is 216 g/mol. The summed E-state index contributed by atoms with van der Waals surface area (Å²) >= 11 is 0. The van der Waals surface area contributed by atoms with Crippen molar-refractivity contribution < 1.29 is 9.53 Å². The summed E-state index contributed by atoms with van der Waals surface area (Å²) < 4.78 is 5.29. The molecule has 2 heterocycles. The van der Waals surface area contributed by atoms with Crippen LogP contribution in [-0.2, 0) is 9.53 Å². The zero-order valence-electron chi connectivity index (χ0n) is 11.2. The summed E-state index contributed by atoms with van der Waals surface area (Å²) in [7, 11) is 0. The largest absolute Gasteiger partial charge is 0.378 e. The first-order chi connectivity index (χ1) is 8.11. The summed E-state index contributed by atoms with van der Waals surface area (Å²) in [6.07, 6.45) is 2.42. The lowest BCUT2D eigenvalue weighted by atomic mass is 10.2. The Balaban J connectivity index is 1.98. The van der Waals surface area contributed by atoms with Crippen molar-refractivity contribution in [3.8, 4) is 0 Å². The van der Waals surface area contributed by atoms with Gasteiger partial charge in [-0.3, -0.25) is 9.69 Å². The van der Waals surface area contributed by atoms with Crippen LogP contribution in [0.15, 0.2) is 0 Å². The van der Waals surface area contributed by atoms with Crippen LogP contribution in [0.5, 0.6) is 0 Å². The molecule has 2 aliphatic rings. The fourth-order valence-corrected chi connectivity index (χ4v) is 3.15. The number of nitrogens with zero attached hydrogens (tertiary/aromatic N) is 2. The van der Waals surface area contributed by atoms with Gasteiger partial charge in [-0.2, -0.15) is 0 Å². The predicted molar refractivity (Wildman–Crippen MR) is 66.9 cm³/mol. The third-order valence-corrected chi connectivity index (χ3v) is 4.15. The quantitative estimate of drug-likeness (QED) is 0.725. The van der Waals surface area contributed by atoms with Crippen molar-refractivity contribution in [2.75, 3.05) is 26.3 Å². The number of amides is 1. The molecule has 1 amide bonds. The van der Waals surface area contributed by atoms with Crippen LogP contribution < -0.4 is 0 Å². The number of carbonyl (C=O) groups excluding carboxylic acids is 1. The lowest BCUT2D eigenvalue weighted by Crippen LogP contribution is -2.53. The molecule has 0 aromatic carbocycles. The van der Waals surface area contributed by atoms with Crippen LogP contribution >= 0.6 is 0 Å². The van der Waals surface area contributed by atoms with Crippen LogP contribution in [0.2, 0.25) is 0 Å². The van der Waals surface area contributed by atoms with Crippen molar-refractivity contribution in [3.63, 3.8) is 0 Å². The Morgan fingerprint density at radius 2 is 1.71 bits per heavy atom. The number of rotatable bonds is 2. The number of likely N-dealkylation sites (tertiary alicyclic amines) is 1. The van der Waals surface area contributed by atoms with E-state index in [0.29, 0.717) is 25.3 Å². The third-order valence-electron chi connectivity index (χ3n) is 4.15. The first kappa shape index (κ1) is 12.8. The second-order valence-corrected chi connectivity index (χ2v) is 5.34. The van der Waals surface area contributed by atoms with E-state index in [1.54, 1.807) is 0 Å². The Morgan fingerprint density at radius 3 is 2.24 bits per heavy atom. The summed E-state index contributed by atoms with van der Waals surface area (Å²) in [6.45, 7) is 9.38. The van der Waals surface area contributed by atoms with E-state index in [1.165, 1.54) is 12.8 Å². The van der Waals surface area contributed by atoms with Gasteiger partial charge in [-0.15, -0.1) is 0 Å². The standard InChI is InChI=1S/C13H24N2O2/c1-10-4-5-11(2)15(10)12(3)13(16)14-6-8-17-9-7-14/h10-12H,4-9H2,1-3H3. The molecule has 17 heavy (non-hydrogen) atoms. The van der Waals surface area contributed by atoms with Gasteiger partial charge >= 0.3 is 0 Å². The highest BCUT2D eigenvalue weighted by Crippen LogP contribution is 2.26. The first-order valence-corrected chi connectivity index (χ1v) is 6.75. The summed E-state index contributed by atoms with van der Waals surface area (Å²) in [6, 6.07) is 1.08. The Labute approximate surface area is 104 Å². The van der Waals surface area contributed by atoms with Gasteiger partial charge < -0.3 is 9.64 Å². The molecule has 2 saturated heterocycles. The van der Waals surface area contributed by atoms with Crippen LogP contribution in [-0.4, -0.2) is 60.1 Å². The smallest absolute Gasteiger partial charge is 0.239 e. The maximum absolute atomic E-state index is 12.4. The lowest BCUT2D eigenvalue weighted by Gasteiger charge is -2.36. The number of hydrogen-bond acceptors (Lipinski definition) is 3. The minimum absolute atomic E-state index is 0.0144. The maximum atomic E-state index is 12.4. The lowest BCUT2D eigenvalue weighted by molar-refractivity contribution is -0.141. The molecule has 3 atom stereocenters. The van der Waals surface area contributed by atoms with E-state index in [-0.39, 0.29) is 11.9 Å². The Morgan fingerprint density at radius 1 is 1.18 bits per heavy atom. The fourth-order valence-electron chi connectivity index (χ4n) is 3.15. The third kappa shape index (κ3) is 2.63. The fraction of sp³-hybridized carbons (Fsp3) is 0.923. The second kappa shape index (κ2) is 5.36. The summed E-state index contributed by atoms with van der Waals surface area (Å²) in [5, 5.41) is 0. The second-order valence-electron chi connectivity index (χ2n) is 5.34. The van der Waals surface area contributed by atoms with E-state index >= 15 is 0 Å². The number of morpholine rings is 1. The average molecular weight is 240 g/mol. The molecule has 4 nitrogen and oxygen atoms in total. The highest BCUT2D eigenvalue weighted by molar-refractivity contribution is 5.81.